The summed E-state index contributed by atoms with van der Waals surface area (Å²) in [5.41, 5.74) is 0. The molecule has 0 heterocycles. The first-order valence-electron chi connectivity index (χ1n) is 16.7. The molecule has 242 valence electrons. The first-order chi connectivity index (χ1) is 20.4. The molecule has 0 fully saturated rings. The van der Waals surface area contributed by atoms with Crippen molar-refractivity contribution in [3.63, 3.8) is 0 Å². The van der Waals surface area contributed by atoms with Crippen molar-refractivity contribution in [1.29, 1.82) is 0 Å². The van der Waals surface area contributed by atoms with Gasteiger partial charge in [0.1, 0.15) is 6.61 Å². The minimum atomic E-state index is -0.810. The van der Waals surface area contributed by atoms with Gasteiger partial charge in [-0.1, -0.05) is 127 Å². The van der Waals surface area contributed by atoms with Gasteiger partial charge in [-0.3, -0.25) is 9.59 Å². The van der Waals surface area contributed by atoms with Crippen molar-refractivity contribution in [1.82, 2.24) is 0 Å². The first-order valence-corrected chi connectivity index (χ1v) is 16.7. The zero-order valence-corrected chi connectivity index (χ0v) is 27.0. The van der Waals surface area contributed by atoms with E-state index in [-0.39, 0.29) is 31.6 Å². The molecule has 0 rings (SSSR count). The highest BCUT2D eigenvalue weighted by molar-refractivity contribution is 5.70. The minimum Gasteiger partial charge on any atom is -0.462 e. The summed E-state index contributed by atoms with van der Waals surface area (Å²) in [7, 11) is 0. The molecule has 6 nitrogen and oxygen atoms in total. The maximum Gasteiger partial charge on any atom is 0.306 e. The van der Waals surface area contributed by atoms with Crippen molar-refractivity contribution in [2.75, 3.05) is 13.2 Å². The van der Waals surface area contributed by atoms with Gasteiger partial charge in [0.05, 0.1) is 12.7 Å². The summed E-state index contributed by atoms with van der Waals surface area (Å²) in [6.07, 6.45) is 32.1. The number of carbonyl (C=O) groups is 2. The standard InChI is InChI=1S/C36H62O6/c1-4-5-6-7-10-16-21-26-33(38)27-22-17-12-9-13-18-23-28-35(39)41-31-34(30-37)42-36(40)29-24-19-14-8-11-15-20-25-32(2)3/h9-10,13,16-17,21-22,26,32-34,37-38H,4-8,11-12,14-15,18-20,23-25,27-31H2,1-3H3/b13-9+,16-10-,22-17-,26-21-/t33-,34+/m1/s1. The number of allylic oxidation sites excluding steroid dienone is 6. The Kier molecular flexibility index (Phi) is 28.7. The van der Waals surface area contributed by atoms with Crippen LogP contribution in [-0.4, -0.2) is 47.6 Å². The van der Waals surface area contributed by atoms with Crippen LogP contribution in [-0.2, 0) is 19.1 Å². The largest absolute Gasteiger partial charge is 0.462 e. The van der Waals surface area contributed by atoms with Crippen LogP contribution < -0.4 is 0 Å². The molecule has 42 heavy (non-hydrogen) atoms. The molecule has 0 bridgehead atoms. The molecule has 0 aliphatic heterocycles. The number of ether oxygens (including phenoxy) is 2. The van der Waals surface area contributed by atoms with Gasteiger partial charge in [0.2, 0.25) is 0 Å². The molecule has 0 amide bonds. The highest BCUT2D eigenvalue weighted by atomic mass is 16.6. The molecule has 0 unspecified atom stereocenters. The smallest absolute Gasteiger partial charge is 0.306 e. The molecule has 0 aromatic heterocycles. The monoisotopic (exact) mass is 590 g/mol. The van der Waals surface area contributed by atoms with Crippen LogP contribution in [0, 0.1) is 5.92 Å². The predicted molar refractivity (Wildman–Crippen MR) is 174 cm³/mol. The topological polar surface area (TPSA) is 93.1 Å². The fourth-order valence-electron chi connectivity index (χ4n) is 4.28. The normalized spacial score (nSPS) is 13.7. The fraction of sp³-hybridized carbons (Fsp3) is 0.722. The Balaban J connectivity index is 3.80. The zero-order valence-electron chi connectivity index (χ0n) is 27.0. The molecule has 0 saturated carbocycles. The summed E-state index contributed by atoms with van der Waals surface area (Å²) < 4.78 is 10.5. The van der Waals surface area contributed by atoms with E-state index in [1.165, 1.54) is 51.4 Å². The Hall–Kier alpha value is -2.18. The Labute approximate surface area is 257 Å². The number of aliphatic hydroxyl groups is 2. The third-order valence-electron chi connectivity index (χ3n) is 6.88. The van der Waals surface area contributed by atoms with E-state index in [2.05, 4.69) is 26.8 Å². The molecule has 0 radical (unpaired) electrons. The SMILES string of the molecule is CCCCC/C=C\C=C/[C@@H](O)C/C=C\C/C=C/CCCC(=O)OC[C@H](CO)OC(=O)CCCCCCCCCC(C)C. The Bertz CT molecular complexity index is 752. The van der Waals surface area contributed by atoms with Gasteiger partial charge in [-0.15, -0.1) is 0 Å². The second-order valence-corrected chi connectivity index (χ2v) is 11.6. The molecule has 0 aromatic rings. The Morgan fingerprint density at radius 1 is 0.738 bits per heavy atom. The van der Waals surface area contributed by atoms with Gasteiger partial charge in [-0.2, -0.15) is 0 Å². The lowest BCUT2D eigenvalue weighted by Gasteiger charge is -2.15. The van der Waals surface area contributed by atoms with Crippen LogP contribution in [0.25, 0.3) is 0 Å². The van der Waals surface area contributed by atoms with E-state index in [0.29, 0.717) is 19.3 Å². The maximum absolute atomic E-state index is 12.1. The van der Waals surface area contributed by atoms with Gasteiger partial charge in [0, 0.05) is 12.8 Å². The molecule has 0 aliphatic rings. The number of esters is 2. The third-order valence-corrected chi connectivity index (χ3v) is 6.88. The minimum absolute atomic E-state index is 0.117. The van der Waals surface area contributed by atoms with Crippen molar-refractivity contribution < 1.29 is 29.3 Å². The van der Waals surface area contributed by atoms with Gasteiger partial charge >= 0.3 is 11.9 Å². The van der Waals surface area contributed by atoms with Gasteiger partial charge in [0.15, 0.2) is 6.10 Å². The van der Waals surface area contributed by atoms with E-state index in [9.17, 15) is 19.8 Å². The first kappa shape index (κ1) is 39.8. The van der Waals surface area contributed by atoms with Crippen LogP contribution in [0.4, 0.5) is 0 Å². The average molecular weight is 591 g/mol. The van der Waals surface area contributed by atoms with E-state index in [4.69, 9.17) is 9.47 Å². The summed E-state index contributed by atoms with van der Waals surface area (Å²) in [5, 5.41) is 19.4. The molecular weight excluding hydrogens is 528 g/mol. The van der Waals surface area contributed by atoms with Crippen molar-refractivity contribution in [2.24, 2.45) is 5.92 Å². The quantitative estimate of drug-likeness (QED) is 0.0410. The predicted octanol–water partition coefficient (Wildman–Crippen LogP) is 8.72. The van der Waals surface area contributed by atoms with E-state index < -0.39 is 12.2 Å². The summed E-state index contributed by atoms with van der Waals surface area (Å²) >= 11 is 0. The van der Waals surface area contributed by atoms with Gasteiger partial charge in [-0.05, 0) is 50.9 Å². The number of hydrogen-bond acceptors (Lipinski definition) is 6. The van der Waals surface area contributed by atoms with E-state index in [1.54, 1.807) is 6.08 Å². The Morgan fingerprint density at radius 2 is 1.40 bits per heavy atom. The Morgan fingerprint density at radius 3 is 2.12 bits per heavy atom. The van der Waals surface area contributed by atoms with Crippen molar-refractivity contribution in [3.05, 3.63) is 48.6 Å². The van der Waals surface area contributed by atoms with Gasteiger partial charge in [-0.25, -0.2) is 0 Å². The van der Waals surface area contributed by atoms with Crippen LogP contribution in [0.5, 0.6) is 0 Å². The lowest BCUT2D eigenvalue weighted by molar-refractivity contribution is -0.161. The molecule has 6 heteroatoms. The average Bonchev–Trinajstić information content (AvgIpc) is 2.96. The maximum atomic E-state index is 12.1. The van der Waals surface area contributed by atoms with Crippen LogP contribution in [0.1, 0.15) is 136 Å². The molecule has 0 aromatic carbocycles. The molecule has 2 N–H and O–H groups in total. The summed E-state index contributed by atoms with van der Waals surface area (Å²) in [6.45, 7) is 6.23. The lowest BCUT2D eigenvalue weighted by Crippen LogP contribution is -2.28. The number of unbranched alkanes of at least 4 members (excludes halogenated alkanes) is 10. The zero-order chi connectivity index (χ0) is 31.1. The number of rotatable bonds is 28. The summed E-state index contributed by atoms with van der Waals surface area (Å²) in [6, 6.07) is 0. The van der Waals surface area contributed by atoms with Gasteiger partial charge < -0.3 is 19.7 Å². The number of aliphatic hydroxyl groups excluding tert-OH is 2. The van der Waals surface area contributed by atoms with Crippen molar-refractivity contribution >= 4 is 11.9 Å². The molecular formula is C36H62O6. The van der Waals surface area contributed by atoms with Crippen molar-refractivity contribution in [2.45, 2.75) is 149 Å². The van der Waals surface area contributed by atoms with E-state index in [1.807, 2.05) is 36.5 Å². The van der Waals surface area contributed by atoms with Crippen LogP contribution in [0.15, 0.2) is 48.6 Å². The highest BCUT2D eigenvalue weighted by Gasteiger charge is 2.16. The molecule has 0 aliphatic carbocycles. The fourth-order valence-corrected chi connectivity index (χ4v) is 4.28. The number of hydrogen-bond donors (Lipinski definition) is 2. The van der Waals surface area contributed by atoms with Crippen LogP contribution in [0.2, 0.25) is 0 Å². The number of carbonyl (C=O) groups excluding carboxylic acids is 2. The van der Waals surface area contributed by atoms with E-state index in [0.717, 1.165) is 44.4 Å². The van der Waals surface area contributed by atoms with Crippen LogP contribution >= 0.6 is 0 Å². The highest BCUT2D eigenvalue weighted by Crippen LogP contribution is 2.13. The second kappa shape index (κ2) is 30.3. The molecule has 0 spiro atoms. The summed E-state index contributed by atoms with van der Waals surface area (Å²) in [4.78, 5) is 24.1. The van der Waals surface area contributed by atoms with Crippen molar-refractivity contribution in [3.8, 4) is 0 Å². The lowest BCUT2D eigenvalue weighted by atomic mass is 10.0. The van der Waals surface area contributed by atoms with Crippen LogP contribution in [0.3, 0.4) is 0 Å². The van der Waals surface area contributed by atoms with E-state index >= 15 is 0 Å². The summed E-state index contributed by atoms with van der Waals surface area (Å²) in [5.74, 6) is 0.0727. The third kappa shape index (κ3) is 29.3. The molecule has 2 atom stereocenters. The molecule has 0 saturated heterocycles. The second-order valence-electron chi connectivity index (χ2n) is 11.6. The van der Waals surface area contributed by atoms with Gasteiger partial charge in [0.25, 0.3) is 0 Å².